The van der Waals surface area contributed by atoms with Crippen LogP contribution >= 0.6 is 0 Å². The number of ketones is 1. The van der Waals surface area contributed by atoms with Gasteiger partial charge in [0.15, 0.2) is 0 Å². The van der Waals surface area contributed by atoms with Gasteiger partial charge in [-0.15, -0.1) is 0 Å². The van der Waals surface area contributed by atoms with Crippen molar-refractivity contribution < 1.29 is 14.4 Å². The summed E-state index contributed by atoms with van der Waals surface area (Å²) < 4.78 is 0. The second-order valence-electron chi connectivity index (χ2n) is 7.72. The first-order chi connectivity index (χ1) is 16.4. The van der Waals surface area contributed by atoms with Gasteiger partial charge in [0.05, 0.1) is 0 Å². The van der Waals surface area contributed by atoms with E-state index in [1.807, 2.05) is 99.9 Å². The summed E-state index contributed by atoms with van der Waals surface area (Å²) in [5.41, 5.74) is 9.30. The van der Waals surface area contributed by atoms with Crippen molar-refractivity contribution in [3.05, 3.63) is 107 Å². The third-order valence-electron chi connectivity index (χ3n) is 4.98. The third-order valence-corrected chi connectivity index (χ3v) is 4.98. The van der Waals surface area contributed by atoms with Gasteiger partial charge < -0.3 is 16.4 Å². The molecule has 4 N–H and O–H groups in total. The average molecular weight is 458 g/mol. The van der Waals surface area contributed by atoms with Gasteiger partial charge in [-0.2, -0.15) is 0 Å². The molecule has 0 saturated carbocycles. The molecular formula is C28H31N3O3. The lowest BCUT2D eigenvalue weighted by molar-refractivity contribution is -0.137. The molecule has 34 heavy (non-hydrogen) atoms. The Labute approximate surface area is 200 Å². The van der Waals surface area contributed by atoms with Gasteiger partial charge >= 0.3 is 0 Å². The van der Waals surface area contributed by atoms with Crippen molar-refractivity contribution in [3.8, 4) is 0 Å². The number of carbonyl (C=O) groups excluding carboxylic acids is 3. The number of carbonyl (C=O) groups is 3. The Kier molecular flexibility index (Phi) is 10.4. The van der Waals surface area contributed by atoms with Crippen LogP contribution in [0.2, 0.25) is 0 Å². The number of nitrogens with one attached hydrogen (secondary N) is 2. The van der Waals surface area contributed by atoms with Crippen LogP contribution < -0.4 is 16.4 Å². The molecule has 3 rings (SSSR count). The lowest BCUT2D eigenvalue weighted by Crippen LogP contribution is -2.47. The van der Waals surface area contributed by atoms with Crippen molar-refractivity contribution in [2.75, 3.05) is 14.1 Å². The summed E-state index contributed by atoms with van der Waals surface area (Å²) >= 11 is 0. The second-order valence-corrected chi connectivity index (χ2v) is 7.72. The second kappa shape index (κ2) is 13.5. The molecule has 3 aromatic carbocycles. The highest BCUT2D eigenvalue weighted by molar-refractivity contribution is 6.38. The van der Waals surface area contributed by atoms with E-state index >= 15 is 0 Å². The van der Waals surface area contributed by atoms with E-state index in [2.05, 4.69) is 10.6 Å². The third kappa shape index (κ3) is 7.83. The first kappa shape index (κ1) is 26.2. The maximum Gasteiger partial charge on any atom is 0.287 e. The molecule has 0 bridgehead atoms. The van der Waals surface area contributed by atoms with E-state index in [0.29, 0.717) is 11.1 Å². The minimum Gasteiger partial charge on any atom is -0.363 e. The zero-order chi connectivity index (χ0) is 24.9. The highest BCUT2D eigenvalue weighted by Gasteiger charge is 2.26. The van der Waals surface area contributed by atoms with Crippen molar-refractivity contribution in [1.82, 2.24) is 10.6 Å². The SMILES string of the molecule is CNC.Cc1ccccc1C=Cc1ccccc1C(=O)NC(Cc1ccccc1)C(=O)C(N)=O. The first-order valence-corrected chi connectivity index (χ1v) is 11.0. The van der Waals surface area contributed by atoms with E-state index in [4.69, 9.17) is 5.73 Å². The monoisotopic (exact) mass is 457 g/mol. The fourth-order valence-corrected chi connectivity index (χ4v) is 3.27. The van der Waals surface area contributed by atoms with Crippen LogP contribution in [0.3, 0.4) is 0 Å². The van der Waals surface area contributed by atoms with Gasteiger partial charge in [0.25, 0.3) is 11.8 Å². The van der Waals surface area contributed by atoms with Crippen LogP contribution in [0, 0.1) is 6.92 Å². The van der Waals surface area contributed by atoms with E-state index in [0.717, 1.165) is 16.7 Å². The van der Waals surface area contributed by atoms with Crippen molar-refractivity contribution in [1.29, 1.82) is 0 Å². The molecule has 0 spiro atoms. The number of hydrogen-bond donors (Lipinski definition) is 3. The Morgan fingerprint density at radius 1 is 0.824 bits per heavy atom. The molecule has 3 aromatic rings. The van der Waals surface area contributed by atoms with Gasteiger partial charge in [-0.3, -0.25) is 14.4 Å². The van der Waals surface area contributed by atoms with E-state index in [9.17, 15) is 14.4 Å². The summed E-state index contributed by atoms with van der Waals surface area (Å²) in [6.07, 6.45) is 3.98. The first-order valence-electron chi connectivity index (χ1n) is 11.0. The summed E-state index contributed by atoms with van der Waals surface area (Å²) in [6.45, 7) is 2.02. The van der Waals surface area contributed by atoms with Gasteiger partial charge in [-0.05, 0) is 49.3 Å². The molecule has 6 heteroatoms. The molecule has 0 radical (unpaired) electrons. The number of nitrogens with two attached hydrogens (primary N) is 1. The average Bonchev–Trinajstić information content (AvgIpc) is 2.84. The van der Waals surface area contributed by atoms with E-state index in [1.165, 1.54) is 0 Å². The quantitative estimate of drug-likeness (QED) is 0.356. The molecule has 1 unspecified atom stereocenters. The molecule has 0 aliphatic rings. The zero-order valence-electron chi connectivity index (χ0n) is 19.7. The molecule has 0 fully saturated rings. The van der Waals surface area contributed by atoms with Gasteiger partial charge in [-0.1, -0.05) is 84.9 Å². The summed E-state index contributed by atoms with van der Waals surface area (Å²) in [7, 11) is 3.75. The Morgan fingerprint density at radius 3 is 1.97 bits per heavy atom. The van der Waals surface area contributed by atoms with Crippen LogP contribution in [0.15, 0.2) is 78.9 Å². The maximum absolute atomic E-state index is 13.0. The predicted octanol–water partition coefficient (Wildman–Crippen LogP) is 3.40. The van der Waals surface area contributed by atoms with E-state index in [-0.39, 0.29) is 6.42 Å². The number of Topliss-reactive ketones (excluding diaryl/α,β-unsaturated/α-hetero) is 1. The minimum absolute atomic E-state index is 0.176. The van der Waals surface area contributed by atoms with Crippen LogP contribution in [0.5, 0.6) is 0 Å². The van der Waals surface area contributed by atoms with Crippen molar-refractivity contribution in [3.63, 3.8) is 0 Å². The van der Waals surface area contributed by atoms with Crippen LogP contribution in [0.1, 0.15) is 32.6 Å². The molecule has 176 valence electrons. The number of rotatable bonds is 8. The number of primary amides is 1. The minimum atomic E-state index is -1.08. The number of amides is 2. The highest BCUT2D eigenvalue weighted by Crippen LogP contribution is 2.16. The summed E-state index contributed by atoms with van der Waals surface area (Å²) in [4.78, 5) is 36.9. The summed E-state index contributed by atoms with van der Waals surface area (Å²) in [5.74, 6) is -2.35. The maximum atomic E-state index is 13.0. The fraction of sp³-hybridized carbons (Fsp3) is 0.179. The van der Waals surface area contributed by atoms with Crippen molar-refractivity contribution in [2.24, 2.45) is 5.73 Å². The van der Waals surface area contributed by atoms with Gasteiger partial charge in [-0.25, -0.2) is 0 Å². The summed E-state index contributed by atoms with van der Waals surface area (Å²) in [6, 6.07) is 23.1. The molecule has 1 atom stereocenters. The predicted molar refractivity (Wildman–Crippen MR) is 137 cm³/mol. The molecule has 0 heterocycles. The topological polar surface area (TPSA) is 101 Å². The van der Waals surface area contributed by atoms with Crippen LogP contribution in [-0.4, -0.2) is 37.7 Å². The lowest BCUT2D eigenvalue weighted by Gasteiger charge is -2.17. The van der Waals surface area contributed by atoms with Crippen molar-refractivity contribution >= 4 is 29.7 Å². The van der Waals surface area contributed by atoms with Crippen LogP contribution in [0.4, 0.5) is 0 Å². The lowest BCUT2D eigenvalue weighted by atomic mass is 10.00. The molecule has 0 aromatic heterocycles. The molecule has 6 nitrogen and oxygen atoms in total. The molecule has 0 aliphatic heterocycles. The van der Waals surface area contributed by atoms with Gasteiger partial charge in [0.1, 0.15) is 6.04 Å². The van der Waals surface area contributed by atoms with Crippen molar-refractivity contribution in [2.45, 2.75) is 19.4 Å². The number of benzene rings is 3. The molecule has 2 amide bonds. The smallest absolute Gasteiger partial charge is 0.287 e. The van der Waals surface area contributed by atoms with E-state index < -0.39 is 23.6 Å². The molecule has 0 saturated heterocycles. The molecule has 0 aliphatic carbocycles. The highest BCUT2D eigenvalue weighted by atomic mass is 16.2. The Bertz CT molecular complexity index is 1140. The zero-order valence-corrected chi connectivity index (χ0v) is 19.7. The molecular weight excluding hydrogens is 426 g/mol. The Morgan fingerprint density at radius 2 is 1.35 bits per heavy atom. The normalized spacial score (nSPS) is 11.3. The van der Waals surface area contributed by atoms with Crippen LogP contribution in [0.25, 0.3) is 12.2 Å². The van der Waals surface area contributed by atoms with Crippen LogP contribution in [-0.2, 0) is 16.0 Å². The Balaban J connectivity index is 0.00000129. The summed E-state index contributed by atoms with van der Waals surface area (Å²) in [5, 5.41) is 5.44. The standard InChI is InChI=1S/C26H24N2O3.C2H7N/c1-18-9-5-6-12-20(18)15-16-21-13-7-8-14-22(21)26(31)28-23(24(29)25(27)30)17-19-10-3-2-4-11-19;1-3-2/h2-16,23H,17H2,1H3,(H2,27,30)(H,28,31);3H,1-2H3. The Hall–Kier alpha value is -4.03. The fourth-order valence-electron chi connectivity index (χ4n) is 3.27. The number of hydrogen-bond acceptors (Lipinski definition) is 4. The van der Waals surface area contributed by atoms with Gasteiger partial charge in [0, 0.05) is 12.0 Å². The van der Waals surface area contributed by atoms with E-state index in [1.54, 1.807) is 12.1 Å². The van der Waals surface area contributed by atoms with Gasteiger partial charge in [0.2, 0.25) is 5.78 Å². The largest absolute Gasteiger partial charge is 0.363 e. The number of aryl methyl sites for hydroxylation is 1.